The molecule has 0 spiro atoms. The summed E-state index contributed by atoms with van der Waals surface area (Å²) in [5.74, 6) is -0.350. The number of hydrogen-bond acceptors (Lipinski definition) is 6. The first-order chi connectivity index (χ1) is 13.5. The quantitative estimate of drug-likeness (QED) is 0.660. The highest BCUT2D eigenvalue weighted by atomic mass is 32.2. The molecule has 11 heteroatoms. The molecule has 1 aromatic heterocycles. The minimum atomic E-state index is -3.77. The highest BCUT2D eigenvalue weighted by molar-refractivity contribution is 7.89. The highest BCUT2D eigenvalue weighted by Gasteiger charge is 2.32. The predicted octanol–water partition coefficient (Wildman–Crippen LogP) is 0.268. The van der Waals surface area contributed by atoms with Gasteiger partial charge in [-0.1, -0.05) is 12.1 Å². The molecule has 1 saturated heterocycles. The number of rotatable bonds is 5. The van der Waals surface area contributed by atoms with E-state index in [9.17, 15) is 21.6 Å². The molecule has 0 unspecified atom stereocenters. The number of para-hydroxylation sites is 1. The normalized spacial score (nSPS) is 16.5. The first-order valence-corrected chi connectivity index (χ1v) is 12.3. The monoisotopic (exact) mass is 440 g/mol. The van der Waals surface area contributed by atoms with Gasteiger partial charge in [-0.3, -0.25) is 9.78 Å². The van der Waals surface area contributed by atoms with Gasteiger partial charge in [0.25, 0.3) is 0 Å². The summed E-state index contributed by atoms with van der Waals surface area (Å²) in [6.07, 6.45) is 2.67. The number of carbonyl (C=O) groups is 1. The van der Waals surface area contributed by atoms with Crippen LogP contribution in [0.5, 0.6) is 0 Å². The van der Waals surface area contributed by atoms with Crippen LogP contribution < -0.4 is 0 Å². The van der Waals surface area contributed by atoms with Gasteiger partial charge in [0.05, 0.1) is 18.3 Å². The molecule has 2 aromatic rings. The molecular weight excluding hydrogens is 416 g/mol. The van der Waals surface area contributed by atoms with E-state index in [1.165, 1.54) is 16.3 Å². The highest BCUT2D eigenvalue weighted by Crippen LogP contribution is 2.25. The van der Waals surface area contributed by atoms with Gasteiger partial charge in [0.1, 0.15) is 4.90 Å². The summed E-state index contributed by atoms with van der Waals surface area (Å²) in [6, 6.07) is 6.94. The Morgan fingerprint density at radius 2 is 1.79 bits per heavy atom. The van der Waals surface area contributed by atoms with Gasteiger partial charge < -0.3 is 4.90 Å². The van der Waals surface area contributed by atoms with Crippen LogP contribution in [0.1, 0.15) is 5.56 Å². The number of amides is 1. The van der Waals surface area contributed by atoms with E-state index >= 15 is 0 Å². The molecule has 1 amide bonds. The topological polar surface area (TPSA) is 108 Å². The van der Waals surface area contributed by atoms with Crippen molar-refractivity contribution in [1.82, 2.24) is 18.5 Å². The van der Waals surface area contributed by atoms with Crippen LogP contribution in [0.3, 0.4) is 0 Å². The lowest BCUT2D eigenvalue weighted by Crippen LogP contribution is -2.52. The minimum absolute atomic E-state index is 0.138. The molecule has 0 aliphatic carbocycles. The zero-order valence-corrected chi connectivity index (χ0v) is 18.2. The number of benzene rings is 1. The summed E-state index contributed by atoms with van der Waals surface area (Å²) in [4.78, 5) is 18.3. The number of aryl methyl sites for hydroxylation is 1. The Bertz CT molecular complexity index is 1140. The maximum Gasteiger partial charge on any atom is 0.245 e. The molecule has 1 aliphatic heterocycles. The number of hydrogen-bond donors (Lipinski definition) is 0. The molecule has 1 fully saturated rings. The third-order valence-corrected chi connectivity index (χ3v) is 8.14. The van der Waals surface area contributed by atoms with Crippen molar-refractivity contribution in [3.63, 3.8) is 0 Å². The maximum absolute atomic E-state index is 13.2. The van der Waals surface area contributed by atoms with Gasteiger partial charge in [-0.2, -0.15) is 8.61 Å². The van der Waals surface area contributed by atoms with Crippen molar-refractivity contribution in [1.29, 1.82) is 0 Å². The predicted molar refractivity (Wildman–Crippen MR) is 109 cm³/mol. The molecule has 29 heavy (non-hydrogen) atoms. The Labute approximate surface area is 171 Å². The molecule has 2 heterocycles. The fraction of sp³-hybridized carbons (Fsp3) is 0.444. The van der Waals surface area contributed by atoms with E-state index in [-0.39, 0.29) is 43.5 Å². The Morgan fingerprint density at radius 3 is 2.41 bits per heavy atom. The molecule has 0 N–H and O–H groups in total. The first kappa shape index (κ1) is 21.6. The zero-order valence-electron chi connectivity index (χ0n) is 16.6. The molecule has 0 bridgehead atoms. The first-order valence-electron chi connectivity index (χ1n) is 9.05. The van der Waals surface area contributed by atoms with Crippen LogP contribution in [-0.2, 0) is 24.8 Å². The van der Waals surface area contributed by atoms with Crippen molar-refractivity contribution in [2.45, 2.75) is 11.8 Å². The van der Waals surface area contributed by atoms with E-state index in [0.29, 0.717) is 5.52 Å². The molecule has 9 nitrogen and oxygen atoms in total. The fourth-order valence-electron chi connectivity index (χ4n) is 3.18. The van der Waals surface area contributed by atoms with Gasteiger partial charge in [-0.25, -0.2) is 16.8 Å². The van der Waals surface area contributed by atoms with Gasteiger partial charge >= 0.3 is 0 Å². The van der Waals surface area contributed by atoms with Crippen LogP contribution >= 0.6 is 0 Å². The largest absolute Gasteiger partial charge is 0.339 e. The Balaban J connectivity index is 1.75. The lowest BCUT2D eigenvalue weighted by atomic mass is 10.2. The van der Waals surface area contributed by atoms with E-state index in [1.807, 2.05) is 19.1 Å². The average molecular weight is 441 g/mol. The molecule has 1 aliphatic rings. The average Bonchev–Trinajstić information content (AvgIpc) is 2.66. The van der Waals surface area contributed by atoms with Crippen LogP contribution in [-0.4, -0.2) is 87.3 Å². The van der Waals surface area contributed by atoms with Crippen molar-refractivity contribution in [2.75, 3.05) is 46.0 Å². The molecule has 158 valence electrons. The molecule has 0 atom stereocenters. The number of nitrogens with zero attached hydrogens (tertiary/aromatic N) is 4. The zero-order chi connectivity index (χ0) is 21.4. The lowest BCUT2D eigenvalue weighted by molar-refractivity contribution is -0.132. The second-order valence-corrected chi connectivity index (χ2v) is 11.1. The number of pyridine rings is 1. The summed E-state index contributed by atoms with van der Waals surface area (Å²) in [5, 5.41) is 0.753. The number of piperazine rings is 1. The van der Waals surface area contributed by atoms with Crippen molar-refractivity contribution in [3.05, 3.63) is 36.0 Å². The molecule has 3 rings (SSSR count). The minimum Gasteiger partial charge on any atom is -0.339 e. The van der Waals surface area contributed by atoms with Gasteiger partial charge in [-0.15, -0.1) is 0 Å². The van der Waals surface area contributed by atoms with Crippen molar-refractivity contribution < 1.29 is 21.6 Å². The second-order valence-electron chi connectivity index (χ2n) is 7.14. The van der Waals surface area contributed by atoms with Gasteiger partial charge in [0.2, 0.25) is 26.0 Å². The summed E-state index contributed by atoms with van der Waals surface area (Å²) < 4.78 is 51.6. The van der Waals surface area contributed by atoms with E-state index in [2.05, 4.69) is 4.98 Å². The van der Waals surface area contributed by atoms with E-state index in [4.69, 9.17) is 0 Å². The maximum atomic E-state index is 13.2. The summed E-state index contributed by atoms with van der Waals surface area (Å²) in [6.45, 7) is 2.31. The van der Waals surface area contributed by atoms with Gasteiger partial charge in [0, 0.05) is 44.8 Å². The van der Waals surface area contributed by atoms with E-state index < -0.39 is 20.0 Å². The summed E-state index contributed by atoms with van der Waals surface area (Å²) in [5.41, 5.74) is 1.37. The number of sulfonamides is 2. The number of fused-ring (bicyclic) bond motifs is 1. The third kappa shape index (κ3) is 4.58. The van der Waals surface area contributed by atoms with Crippen LogP contribution in [0.15, 0.2) is 35.4 Å². The molecule has 1 aromatic carbocycles. The van der Waals surface area contributed by atoms with Crippen LogP contribution in [0.2, 0.25) is 0 Å². The summed E-state index contributed by atoms with van der Waals surface area (Å²) in [7, 11) is -5.89. The van der Waals surface area contributed by atoms with Crippen LogP contribution in [0.25, 0.3) is 10.9 Å². The third-order valence-electron chi connectivity index (χ3n) is 4.94. The van der Waals surface area contributed by atoms with E-state index in [0.717, 1.165) is 21.5 Å². The van der Waals surface area contributed by atoms with Crippen molar-refractivity contribution in [3.8, 4) is 0 Å². The summed E-state index contributed by atoms with van der Waals surface area (Å²) >= 11 is 0. The smallest absolute Gasteiger partial charge is 0.245 e. The molecule has 0 radical (unpaired) electrons. The fourth-order valence-corrected chi connectivity index (χ4v) is 5.11. The van der Waals surface area contributed by atoms with Gasteiger partial charge in [-0.05, 0) is 24.6 Å². The number of aromatic nitrogens is 1. The van der Waals surface area contributed by atoms with Crippen LogP contribution in [0, 0.1) is 6.92 Å². The SMILES string of the molecule is Cc1cnc2c(S(=O)(=O)N3CCN(C(=O)CN(C)S(C)(=O)=O)CC3)cccc2c1. The lowest BCUT2D eigenvalue weighted by Gasteiger charge is -2.34. The number of likely N-dealkylation sites (N-methyl/N-ethyl adjacent to an activating group) is 1. The molecular formula is C18H24N4O5S2. The molecule has 0 saturated carbocycles. The second kappa shape index (κ2) is 7.98. The van der Waals surface area contributed by atoms with E-state index in [1.54, 1.807) is 18.3 Å². The van der Waals surface area contributed by atoms with Gasteiger partial charge in [0.15, 0.2) is 0 Å². The van der Waals surface area contributed by atoms with Crippen molar-refractivity contribution >= 4 is 36.9 Å². The Morgan fingerprint density at radius 1 is 1.14 bits per heavy atom. The Kier molecular flexibility index (Phi) is 5.95. The Hall–Kier alpha value is -2.08. The van der Waals surface area contributed by atoms with Crippen molar-refractivity contribution in [2.24, 2.45) is 0 Å². The standard InChI is InChI=1S/C18H24N4O5S2/c1-14-11-15-5-4-6-16(18(15)19-12-14)29(26,27)22-9-7-21(8-10-22)17(23)13-20(2)28(3,24)25/h4-6,11-12H,7-10,13H2,1-3H3. The van der Waals surface area contributed by atoms with Crippen LogP contribution in [0.4, 0.5) is 0 Å². The number of carbonyl (C=O) groups excluding carboxylic acids is 1.